The van der Waals surface area contributed by atoms with Crippen molar-refractivity contribution < 1.29 is 14.3 Å². The highest BCUT2D eigenvalue weighted by Crippen LogP contribution is 2.14. The number of amides is 1. The molecule has 0 aliphatic carbocycles. The Morgan fingerprint density at radius 1 is 1.21 bits per heavy atom. The summed E-state index contributed by atoms with van der Waals surface area (Å²) in [7, 11) is 1.70. The maximum absolute atomic E-state index is 11.5. The van der Waals surface area contributed by atoms with Gasteiger partial charge in [-0.3, -0.25) is 5.43 Å². The number of hydrazine groups is 1. The zero-order chi connectivity index (χ0) is 14.9. The second-order valence-electron chi connectivity index (χ2n) is 6.05. The van der Waals surface area contributed by atoms with Crippen LogP contribution in [-0.4, -0.2) is 36.0 Å². The molecular weight excluding hydrogens is 264 g/mol. The fourth-order valence-corrected chi connectivity index (χ4v) is 1.98. The molecule has 0 saturated heterocycles. The molecule has 19 heavy (non-hydrogen) atoms. The van der Waals surface area contributed by atoms with Crippen LogP contribution in [0.4, 0.5) is 4.79 Å². The molecule has 6 heteroatoms. The minimum absolute atomic E-state index is 0.162. The summed E-state index contributed by atoms with van der Waals surface area (Å²) in [6, 6.07) is 0. The minimum Gasteiger partial charge on any atom is -0.443 e. The molecule has 0 fully saturated rings. The molecule has 0 aromatic carbocycles. The van der Waals surface area contributed by atoms with Gasteiger partial charge >= 0.3 is 6.09 Å². The molecule has 0 aliphatic rings. The van der Waals surface area contributed by atoms with Crippen molar-refractivity contribution in [1.82, 2.24) is 10.9 Å². The van der Waals surface area contributed by atoms with Crippen molar-refractivity contribution in [2.24, 2.45) is 0 Å². The second kappa shape index (κ2) is 8.66. The van der Waals surface area contributed by atoms with Crippen LogP contribution in [0.5, 0.6) is 0 Å². The summed E-state index contributed by atoms with van der Waals surface area (Å²) in [4.78, 5) is 11.5. The average Bonchev–Trinajstić information content (AvgIpc) is 2.24. The molecule has 0 unspecified atom stereocenters. The summed E-state index contributed by atoms with van der Waals surface area (Å²) >= 11 is 1.76. The third-order valence-corrected chi connectivity index (χ3v) is 3.17. The van der Waals surface area contributed by atoms with Gasteiger partial charge in [-0.25, -0.2) is 10.2 Å². The fourth-order valence-electron chi connectivity index (χ4n) is 1.34. The summed E-state index contributed by atoms with van der Waals surface area (Å²) in [6.45, 7) is 9.61. The molecule has 1 amide bonds. The van der Waals surface area contributed by atoms with Gasteiger partial charge in [0.25, 0.3) is 0 Å². The molecule has 114 valence electrons. The SMILES string of the molecule is COCSCCCC(C)(C)NNC(=O)OC(C)(C)C. The zero-order valence-electron chi connectivity index (χ0n) is 13.0. The predicted molar refractivity (Wildman–Crippen MR) is 80.2 cm³/mol. The number of carbonyl (C=O) groups is 1. The lowest BCUT2D eigenvalue weighted by Gasteiger charge is -2.27. The molecule has 0 heterocycles. The van der Waals surface area contributed by atoms with Crippen molar-refractivity contribution in [3.8, 4) is 0 Å². The standard InChI is InChI=1S/C13H28N2O3S/c1-12(2,3)18-11(16)14-15-13(4,5)8-7-9-19-10-17-6/h15H,7-10H2,1-6H3,(H,14,16). The van der Waals surface area contributed by atoms with Crippen molar-refractivity contribution in [3.05, 3.63) is 0 Å². The van der Waals surface area contributed by atoms with Crippen molar-refractivity contribution in [2.45, 2.75) is 58.6 Å². The number of hydrogen-bond donors (Lipinski definition) is 2. The zero-order valence-corrected chi connectivity index (χ0v) is 13.8. The highest BCUT2D eigenvalue weighted by molar-refractivity contribution is 7.99. The molecule has 0 aliphatic heterocycles. The Morgan fingerprint density at radius 2 is 1.84 bits per heavy atom. The van der Waals surface area contributed by atoms with Gasteiger partial charge in [0.1, 0.15) is 5.60 Å². The van der Waals surface area contributed by atoms with E-state index < -0.39 is 11.7 Å². The Balaban J connectivity index is 3.80. The summed E-state index contributed by atoms with van der Waals surface area (Å²) in [5.41, 5.74) is 4.95. The van der Waals surface area contributed by atoms with Crippen LogP contribution in [0.15, 0.2) is 0 Å². The normalized spacial score (nSPS) is 12.3. The molecule has 5 nitrogen and oxygen atoms in total. The summed E-state index contributed by atoms with van der Waals surface area (Å²) in [6.07, 6.45) is 1.57. The topological polar surface area (TPSA) is 59.6 Å². The van der Waals surface area contributed by atoms with Crippen LogP contribution in [0.2, 0.25) is 0 Å². The van der Waals surface area contributed by atoms with Gasteiger partial charge in [0.15, 0.2) is 0 Å². The van der Waals surface area contributed by atoms with Crippen LogP contribution in [-0.2, 0) is 9.47 Å². The predicted octanol–water partition coefficient (Wildman–Crippen LogP) is 2.91. The fraction of sp³-hybridized carbons (Fsp3) is 0.923. The first-order valence-electron chi connectivity index (χ1n) is 6.49. The van der Waals surface area contributed by atoms with Crippen LogP contribution in [0.25, 0.3) is 0 Å². The first kappa shape index (κ1) is 18.5. The highest BCUT2D eigenvalue weighted by atomic mass is 32.2. The van der Waals surface area contributed by atoms with E-state index in [2.05, 4.69) is 10.9 Å². The number of methoxy groups -OCH3 is 1. The molecule has 0 aromatic rings. The maximum atomic E-state index is 11.5. The molecule has 0 saturated carbocycles. The van der Waals surface area contributed by atoms with Gasteiger partial charge in [0.05, 0.1) is 5.94 Å². The number of hydrogen-bond acceptors (Lipinski definition) is 5. The number of rotatable bonds is 8. The molecule has 0 spiro atoms. The molecule has 0 rings (SSSR count). The van der Waals surface area contributed by atoms with E-state index in [1.807, 2.05) is 34.6 Å². The average molecular weight is 292 g/mol. The molecular formula is C13H28N2O3S. The van der Waals surface area contributed by atoms with E-state index >= 15 is 0 Å². The van der Waals surface area contributed by atoms with Gasteiger partial charge < -0.3 is 9.47 Å². The van der Waals surface area contributed by atoms with Crippen molar-refractivity contribution in [3.63, 3.8) is 0 Å². The van der Waals surface area contributed by atoms with Gasteiger partial charge in [-0.05, 0) is 53.2 Å². The van der Waals surface area contributed by atoms with Crippen LogP contribution < -0.4 is 10.9 Å². The van der Waals surface area contributed by atoms with E-state index in [4.69, 9.17) is 9.47 Å². The second-order valence-corrected chi connectivity index (χ2v) is 7.11. The quantitative estimate of drug-likeness (QED) is 0.409. The van der Waals surface area contributed by atoms with Gasteiger partial charge in [0.2, 0.25) is 0 Å². The lowest BCUT2D eigenvalue weighted by atomic mass is 10.0. The molecule has 0 atom stereocenters. The van der Waals surface area contributed by atoms with Gasteiger partial charge in [0, 0.05) is 12.6 Å². The van der Waals surface area contributed by atoms with Crippen molar-refractivity contribution in [1.29, 1.82) is 0 Å². The van der Waals surface area contributed by atoms with Gasteiger partial charge in [-0.1, -0.05) is 0 Å². The Kier molecular flexibility index (Phi) is 8.45. The Hall–Kier alpha value is -0.460. The Bertz CT molecular complexity index is 265. The molecule has 0 aromatic heterocycles. The van der Waals surface area contributed by atoms with E-state index in [-0.39, 0.29) is 5.54 Å². The van der Waals surface area contributed by atoms with Crippen LogP contribution in [0.1, 0.15) is 47.5 Å². The summed E-state index contributed by atoms with van der Waals surface area (Å²) in [5.74, 6) is 1.77. The Labute approximate surface area is 121 Å². The maximum Gasteiger partial charge on any atom is 0.422 e. The lowest BCUT2D eigenvalue weighted by molar-refractivity contribution is 0.0469. The molecule has 0 radical (unpaired) electrons. The highest BCUT2D eigenvalue weighted by Gasteiger charge is 2.20. The Morgan fingerprint density at radius 3 is 2.37 bits per heavy atom. The minimum atomic E-state index is -0.479. The lowest BCUT2D eigenvalue weighted by Crippen LogP contribution is -2.51. The van der Waals surface area contributed by atoms with Crippen LogP contribution in [0.3, 0.4) is 0 Å². The smallest absolute Gasteiger partial charge is 0.422 e. The van der Waals surface area contributed by atoms with E-state index in [1.165, 1.54) is 0 Å². The van der Waals surface area contributed by atoms with Crippen LogP contribution >= 0.6 is 11.8 Å². The monoisotopic (exact) mass is 292 g/mol. The van der Waals surface area contributed by atoms with Gasteiger partial charge in [-0.15, -0.1) is 11.8 Å². The summed E-state index contributed by atoms with van der Waals surface area (Å²) in [5, 5.41) is 0. The summed E-state index contributed by atoms with van der Waals surface area (Å²) < 4.78 is 10.1. The molecule has 2 N–H and O–H groups in total. The van der Waals surface area contributed by atoms with E-state index in [1.54, 1.807) is 18.9 Å². The van der Waals surface area contributed by atoms with E-state index in [0.29, 0.717) is 0 Å². The van der Waals surface area contributed by atoms with Crippen molar-refractivity contribution in [2.75, 3.05) is 18.8 Å². The third-order valence-electron chi connectivity index (χ3n) is 2.19. The van der Waals surface area contributed by atoms with Gasteiger partial charge in [-0.2, -0.15) is 0 Å². The first-order chi connectivity index (χ1) is 8.66. The number of nitrogens with one attached hydrogen (secondary N) is 2. The number of carbonyl (C=O) groups excluding carboxylic acids is 1. The largest absolute Gasteiger partial charge is 0.443 e. The van der Waals surface area contributed by atoms with E-state index in [0.717, 1.165) is 24.5 Å². The first-order valence-corrected chi connectivity index (χ1v) is 7.64. The third kappa shape index (κ3) is 12.3. The van der Waals surface area contributed by atoms with Crippen LogP contribution in [0, 0.1) is 0 Å². The number of thioether (sulfide) groups is 1. The molecule has 0 bridgehead atoms. The number of ether oxygens (including phenoxy) is 2. The van der Waals surface area contributed by atoms with E-state index in [9.17, 15) is 4.79 Å². The van der Waals surface area contributed by atoms with Crippen molar-refractivity contribution >= 4 is 17.9 Å².